The zero-order valence-corrected chi connectivity index (χ0v) is 58.8. The maximum atomic E-state index is 12.5. The molecule has 1 amide bonds. The van der Waals surface area contributed by atoms with Crippen LogP contribution < -0.4 is 5.32 Å². The molecule has 0 heterocycles. The fraction of sp³-hybridized carbons (Fsp3) is 0.950. The number of allylic oxidation sites excluding steroid dienone is 1. The van der Waals surface area contributed by atoms with Gasteiger partial charge in [-0.1, -0.05) is 431 Å². The molecule has 3 N–H and O–H groups in total. The highest BCUT2D eigenvalue weighted by molar-refractivity contribution is 5.76. The Morgan fingerprint density at radius 3 is 0.791 bits per heavy atom. The fourth-order valence-electron chi connectivity index (χ4n) is 13.0. The van der Waals surface area contributed by atoms with Crippen LogP contribution in [0.4, 0.5) is 0 Å². The summed E-state index contributed by atoms with van der Waals surface area (Å²) in [6.45, 7) is 4.97. The highest BCUT2D eigenvalue weighted by Crippen LogP contribution is 2.20. The molecule has 0 aromatic rings. The molecular weight excluding hydrogens is 1050 g/mol. The monoisotopic (exact) mass is 1210 g/mol. The van der Waals surface area contributed by atoms with Gasteiger partial charge in [0.25, 0.3) is 0 Å². The second-order valence-corrected chi connectivity index (χ2v) is 27.8. The molecule has 0 aliphatic rings. The summed E-state index contributed by atoms with van der Waals surface area (Å²) in [5, 5.41) is 23.3. The first-order chi connectivity index (χ1) is 42.5. The lowest BCUT2D eigenvalue weighted by molar-refractivity contribution is -0.143. The Hall–Kier alpha value is -1.40. The summed E-state index contributed by atoms with van der Waals surface area (Å²) in [6, 6.07) is -0.625. The average Bonchev–Trinajstić information content (AvgIpc) is 3.54. The molecule has 0 fully saturated rings. The van der Waals surface area contributed by atoms with Crippen molar-refractivity contribution in [2.45, 2.75) is 475 Å². The molecule has 0 aliphatic heterocycles. The van der Waals surface area contributed by atoms with Crippen molar-refractivity contribution in [1.29, 1.82) is 0 Å². The molecular formula is C80H157NO5. The molecule has 0 aromatic heterocycles. The number of unbranched alkanes of at least 4 members (excludes halogenated alkanes) is 65. The van der Waals surface area contributed by atoms with Crippen LogP contribution in [-0.2, 0) is 14.3 Å². The van der Waals surface area contributed by atoms with Crippen LogP contribution in [-0.4, -0.2) is 47.4 Å². The van der Waals surface area contributed by atoms with Gasteiger partial charge in [0.1, 0.15) is 0 Å². The Morgan fingerprint density at radius 1 is 0.314 bits per heavy atom. The smallest absolute Gasteiger partial charge is 0.305 e. The third kappa shape index (κ3) is 71.7. The molecule has 6 heteroatoms. The van der Waals surface area contributed by atoms with Crippen molar-refractivity contribution in [1.82, 2.24) is 5.32 Å². The van der Waals surface area contributed by atoms with E-state index >= 15 is 0 Å². The first kappa shape index (κ1) is 84.6. The number of ether oxygens (including phenoxy) is 1. The number of aliphatic hydroxyl groups is 2. The first-order valence-electron chi connectivity index (χ1n) is 40.0. The van der Waals surface area contributed by atoms with E-state index in [1.54, 1.807) is 6.08 Å². The molecule has 6 nitrogen and oxygen atoms in total. The van der Waals surface area contributed by atoms with Crippen LogP contribution in [0.2, 0.25) is 0 Å². The number of nitrogens with one attached hydrogen (secondary N) is 1. The number of hydrogen-bond donors (Lipinski definition) is 3. The van der Waals surface area contributed by atoms with Crippen LogP contribution >= 0.6 is 0 Å². The van der Waals surface area contributed by atoms with Gasteiger partial charge in [-0.25, -0.2) is 0 Å². The van der Waals surface area contributed by atoms with Crippen LogP contribution in [0.3, 0.4) is 0 Å². The molecule has 2 atom stereocenters. The minimum atomic E-state index is -0.842. The molecule has 0 saturated heterocycles. The van der Waals surface area contributed by atoms with Crippen LogP contribution in [0.1, 0.15) is 463 Å². The number of esters is 1. The van der Waals surface area contributed by atoms with Gasteiger partial charge in [0.15, 0.2) is 0 Å². The van der Waals surface area contributed by atoms with Gasteiger partial charge in [0, 0.05) is 12.8 Å². The maximum Gasteiger partial charge on any atom is 0.305 e. The van der Waals surface area contributed by atoms with E-state index in [1.807, 2.05) is 6.08 Å². The van der Waals surface area contributed by atoms with E-state index < -0.39 is 12.1 Å². The summed E-state index contributed by atoms with van der Waals surface area (Å²) in [4.78, 5) is 24.7. The molecule has 86 heavy (non-hydrogen) atoms. The topological polar surface area (TPSA) is 95.9 Å². The lowest BCUT2D eigenvalue weighted by Gasteiger charge is -2.20. The van der Waals surface area contributed by atoms with Crippen molar-refractivity contribution in [2.24, 2.45) is 0 Å². The van der Waals surface area contributed by atoms with Crippen molar-refractivity contribution in [2.75, 3.05) is 13.2 Å². The summed E-state index contributed by atoms with van der Waals surface area (Å²) < 4.78 is 5.52. The Morgan fingerprint density at radius 2 is 0.535 bits per heavy atom. The lowest BCUT2D eigenvalue weighted by Crippen LogP contribution is -2.45. The van der Waals surface area contributed by atoms with Gasteiger partial charge in [-0.2, -0.15) is 0 Å². The minimum absolute atomic E-state index is 0.0265. The molecule has 0 radical (unpaired) electrons. The molecule has 0 spiro atoms. The quantitative estimate of drug-likeness (QED) is 0.0320. The highest BCUT2D eigenvalue weighted by Gasteiger charge is 2.18. The predicted molar refractivity (Wildman–Crippen MR) is 380 cm³/mol. The highest BCUT2D eigenvalue weighted by atomic mass is 16.5. The van der Waals surface area contributed by atoms with Crippen molar-refractivity contribution in [3.63, 3.8) is 0 Å². The summed E-state index contributed by atoms with van der Waals surface area (Å²) in [5.74, 6) is -0.0324. The van der Waals surface area contributed by atoms with Crippen molar-refractivity contribution in [3.05, 3.63) is 12.2 Å². The van der Waals surface area contributed by atoms with E-state index in [9.17, 15) is 19.8 Å². The van der Waals surface area contributed by atoms with E-state index in [4.69, 9.17) is 4.74 Å². The molecule has 2 unspecified atom stereocenters. The summed E-state index contributed by atoms with van der Waals surface area (Å²) >= 11 is 0. The maximum absolute atomic E-state index is 12.5. The van der Waals surface area contributed by atoms with Crippen molar-refractivity contribution >= 4 is 11.9 Å². The first-order valence-corrected chi connectivity index (χ1v) is 40.0. The van der Waals surface area contributed by atoms with Gasteiger partial charge in [0.05, 0.1) is 25.4 Å². The SMILES string of the molecule is CCCCCCCCCCCCCCCCCCC/C=C/C(O)C(CO)NC(=O)CCCCCCCCCCCCCCCCCCCCCCCCCCCCCCCCCOC(=O)CCCCCCCCCCCCCCCCCCCCC. The van der Waals surface area contributed by atoms with Gasteiger partial charge in [0.2, 0.25) is 5.91 Å². The van der Waals surface area contributed by atoms with Gasteiger partial charge in [-0.15, -0.1) is 0 Å². The summed E-state index contributed by atoms with van der Waals surface area (Å²) in [5.41, 5.74) is 0. The third-order valence-electron chi connectivity index (χ3n) is 19.1. The summed E-state index contributed by atoms with van der Waals surface area (Å²) in [7, 11) is 0. The van der Waals surface area contributed by atoms with E-state index in [1.165, 1.54) is 398 Å². The third-order valence-corrected chi connectivity index (χ3v) is 19.1. The van der Waals surface area contributed by atoms with Crippen LogP contribution in [0.5, 0.6) is 0 Å². The molecule has 0 rings (SSSR count). The zero-order chi connectivity index (χ0) is 62.0. The Kier molecular flexibility index (Phi) is 74.8. The second kappa shape index (κ2) is 76.1. The Labute approximate surface area is 539 Å². The molecule has 0 bridgehead atoms. The Bertz CT molecular complexity index is 1300. The van der Waals surface area contributed by atoms with E-state index in [2.05, 4.69) is 19.2 Å². The fourth-order valence-corrected chi connectivity index (χ4v) is 13.0. The molecule has 0 aromatic carbocycles. The standard InChI is InChI=1S/C80H157NO5/c1-3-5-7-9-11-13-15-17-19-21-36-40-44-48-52-56-60-64-68-72-78(83)77(76-82)81-79(84)73-69-65-61-57-53-49-45-41-38-34-32-30-28-26-24-23-25-27-29-31-33-35-39-43-47-51-55-59-63-67-71-75-86-80(85)74-70-66-62-58-54-50-46-42-37-22-20-18-16-14-12-10-8-6-4-2/h68,72,77-78,82-83H,3-67,69-71,73-76H2,1-2H3,(H,81,84)/b72-68+. The normalized spacial score (nSPS) is 12.5. The number of hydrogen-bond acceptors (Lipinski definition) is 5. The largest absolute Gasteiger partial charge is 0.466 e. The predicted octanol–water partition coefficient (Wildman–Crippen LogP) is 26.3. The summed E-state index contributed by atoms with van der Waals surface area (Å²) in [6.07, 6.45) is 96.2. The van der Waals surface area contributed by atoms with Crippen molar-refractivity contribution < 1.29 is 24.5 Å². The Balaban J connectivity index is 3.32. The second-order valence-electron chi connectivity index (χ2n) is 27.8. The van der Waals surface area contributed by atoms with Gasteiger partial charge in [-0.3, -0.25) is 9.59 Å². The van der Waals surface area contributed by atoms with Crippen molar-refractivity contribution in [3.8, 4) is 0 Å². The number of aliphatic hydroxyl groups excluding tert-OH is 2. The number of carbonyl (C=O) groups excluding carboxylic acids is 2. The van der Waals surface area contributed by atoms with Crippen LogP contribution in [0, 0.1) is 0 Å². The number of amides is 1. The van der Waals surface area contributed by atoms with E-state index in [0.29, 0.717) is 19.4 Å². The average molecular weight is 1210 g/mol. The molecule has 0 saturated carbocycles. The minimum Gasteiger partial charge on any atom is -0.466 e. The van der Waals surface area contributed by atoms with Gasteiger partial charge >= 0.3 is 5.97 Å². The van der Waals surface area contributed by atoms with Crippen LogP contribution in [0.25, 0.3) is 0 Å². The van der Waals surface area contributed by atoms with Gasteiger partial charge < -0.3 is 20.3 Å². The zero-order valence-electron chi connectivity index (χ0n) is 58.8. The van der Waals surface area contributed by atoms with E-state index in [-0.39, 0.29) is 18.5 Å². The number of carbonyl (C=O) groups is 2. The van der Waals surface area contributed by atoms with E-state index in [0.717, 1.165) is 38.5 Å². The lowest BCUT2D eigenvalue weighted by atomic mass is 10.0. The molecule has 512 valence electrons. The van der Waals surface area contributed by atoms with Gasteiger partial charge in [-0.05, 0) is 32.1 Å². The number of rotatable bonds is 76. The van der Waals surface area contributed by atoms with Crippen LogP contribution in [0.15, 0.2) is 12.2 Å². The molecule has 0 aliphatic carbocycles.